The van der Waals surface area contributed by atoms with Crippen LogP contribution in [-0.2, 0) is 10.0 Å². The van der Waals surface area contributed by atoms with Crippen LogP contribution in [0.1, 0.15) is 23.7 Å². The molecule has 17 heavy (non-hydrogen) atoms. The van der Waals surface area contributed by atoms with Crippen molar-refractivity contribution in [1.82, 2.24) is 0 Å². The summed E-state index contributed by atoms with van der Waals surface area (Å²) >= 11 is 2.61. The summed E-state index contributed by atoms with van der Waals surface area (Å²) in [5, 5.41) is 5.22. The summed E-state index contributed by atoms with van der Waals surface area (Å²) in [6, 6.07) is 1.39. The van der Waals surface area contributed by atoms with Crippen molar-refractivity contribution in [2.45, 2.75) is 27.0 Å². The number of hydrogen-bond donors (Lipinski definition) is 1. The Bertz CT molecular complexity index is 535. The van der Waals surface area contributed by atoms with Crippen molar-refractivity contribution in [3.8, 4) is 0 Å². The zero-order valence-corrected chi connectivity index (χ0v) is 11.2. The topological polar surface area (TPSA) is 111 Å². The predicted molar refractivity (Wildman–Crippen MR) is 66.7 cm³/mol. The number of primary sulfonamides is 1. The number of rotatable bonds is 1. The molecular weight excluding hydrogens is 286 g/mol. The molecule has 1 aromatic rings. The molecule has 1 aliphatic rings. The molecule has 0 saturated carbocycles. The molecule has 6 nitrogen and oxygen atoms in total. The van der Waals surface area contributed by atoms with Gasteiger partial charge in [-0.2, -0.15) is 0 Å². The highest BCUT2D eigenvalue weighted by molar-refractivity contribution is 8.02. The van der Waals surface area contributed by atoms with Crippen molar-refractivity contribution >= 4 is 38.9 Å². The molecular formula is C8H9NO5S3. The first kappa shape index (κ1) is 14.3. The molecule has 1 aliphatic heterocycles. The van der Waals surface area contributed by atoms with Crippen LogP contribution in [0.15, 0.2) is 14.5 Å². The molecule has 0 aromatic carbocycles. The minimum Gasteiger partial charge on any atom is -0.294 e. The Morgan fingerprint density at radius 2 is 2.00 bits per heavy atom. The average Bonchev–Trinajstić information content (AvgIpc) is 2.64. The zero-order valence-electron chi connectivity index (χ0n) is 8.71. The van der Waals surface area contributed by atoms with Gasteiger partial charge in [-0.05, 0) is 6.07 Å². The van der Waals surface area contributed by atoms with Gasteiger partial charge in [-0.15, -0.1) is 23.1 Å². The number of ketones is 1. The maximum atomic E-state index is 11.6. The molecule has 2 heterocycles. The second-order valence-corrected chi connectivity index (χ2v) is 7.91. The van der Waals surface area contributed by atoms with E-state index in [1.54, 1.807) is 0 Å². The first-order chi connectivity index (χ1) is 7.88. The summed E-state index contributed by atoms with van der Waals surface area (Å²) in [6.07, 6.45) is 0.457. The summed E-state index contributed by atoms with van der Waals surface area (Å²) < 4.78 is 23.1. The first-order valence-electron chi connectivity index (χ1n) is 4.41. The van der Waals surface area contributed by atoms with Crippen LogP contribution in [0.25, 0.3) is 0 Å². The van der Waals surface area contributed by atoms with Gasteiger partial charge in [0.2, 0.25) is 10.0 Å². The normalized spacial score (nSPS) is 19.2. The van der Waals surface area contributed by atoms with Gasteiger partial charge in [0, 0.05) is 27.2 Å². The van der Waals surface area contributed by atoms with E-state index in [1.165, 1.54) is 17.8 Å². The molecule has 0 fully saturated rings. The maximum Gasteiger partial charge on any atom is 0.247 e. The fourth-order valence-corrected chi connectivity index (χ4v) is 5.02. The highest BCUT2D eigenvalue weighted by Gasteiger charge is 2.27. The summed E-state index contributed by atoms with van der Waals surface area (Å²) in [7, 11) is -3.68. The van der Waals surface area contributed by atoms with E-state index in [1.807, 2.05) is 6.92 Å². The van der Waals surface area contributed by atoms with Crippen LogP contribution in [-0.4, -0.2) is 19.5 Å². The Hall–Kier alpha value is -0.770. The van der Waals surface area contributed by atoms with E-state index in [9.17, 15) is 13.2 Å². The summed E-state index contributed by atoms with van der Waals surface area (Å²) in [5.41, 5.74) is 0.507. The van der Waals surface area contributed by atoms with E-state index in [2.05, 4.69) is 0 Å². The highest BCUT2D eigenvalue weighted by atomic mass is 32.3. The number of carbonyl (C=O) groups is 1. The third kappa shape index (κ3) is 3.12. The average molecular weight is 295 g/mol. The molecule has 0 bridgehead atoms. The fraction of sp³-hybridized carbons (Fsp3) is 0.375. The third-order valence-corrected chi connectivity index (χ3v) is 5.93. The lowest BCUT2D eigenvalue weighted by Crippen LogP contribution is -2.12. The smallest absolute Gasteiger partial charge is 0.247 e. The lowest BCUT2D eigenvalue weighted by molar-refractivity contribution is 0.0979. The van der Waals surface area contributed by atoms with Crippen LogP contribution in [0.5, 0.6) is 0 Å². The minimum absolute atomic E-state index is 0.00222. The number of sulfonamides is 1. The van der Waals surface area contributed by atoms with Crippen LogP contribution < -0.4 is 5.14 Å². The van der Waals surface area contributed by atoms with E-state index >= 15 is 0 Å². The first-order valence-corrected chi connectivity index (χ1v) is 7.65. The summed E-state index contributed by atoms with van der Waals surface area (Å²) in [5.74, 6) is 0.00222. The number of thioether (sulfide) groups is 1. The number of carbonyl (C=O) groups excluding carboxylic acids is 1. The molecule has 0 amide bonds. The zero-order chi connectivity index (χ0) is 13.2. The summed E-state index contributed by atoms with van der Waals surface area (Å²) in [4.78, 5) is 25.6. The summed E-state index contributed by atoms with van der Waals surface area (Å²) in [6.45, 7) is 1.95. The number of nitrogens with two attached hydrogens (primary N) is 1. The molecule has 0 radical (unpaired) electrons. The monoisotopic (exact) mass is 295 g/mol. The Balaban J connectivity index is 0.000000686. The van der Waals surface area contributed by atoms with E-state index in [0.717, 1.165) is 15.5 Å². The molecule has 2 rings (SSSR count). The van der Waals surface area contributed by atoms with Gasteiger partial charge in [0.15, 0.2) is 5.78 Å². The van der Waals surface area contributed by atoms with Gasteiger partial charge in [-0.25, -0.2) is 13.6 Å². The molecule has 0 aliphatic carbocycles. The second-order valence-electron chi connectivity index (χ2n) is 3.37. The number of hydrogen-bond acceptors (Lipinski definition) is 7. The van der Waals surface area contributed by atoms with E-state index < -0.39 is 10.0 Å². The molecule has 1 aromatic heterocycles. The number of fused-ring (bicyclic) bond motifs is 1. The van der Waals surface area contributed by atoms with Crippen molar-refractivity contribution in [2.75, 3.05) is 0 Å². The Kier molecular flexibility index (Phi) is 4.42. The van der Waals surface area contributed by atoms with Gasteiger partial charge in [0.25, 0.3) is 0 Å². The van der Waals surface area contributed by atoms with E-state index in [-0.39, 0.29) is 15.2 Å². The fourth-order valence-electron chi connectivity index (χ4n) is 1.37. The van der Waals surface area contributed by atoms with Crippen LogP contribution in [0, 0.1) is 9.93 Å². The quantitative estimate of drug-likeness (QED) is 0.841. The molecule has 2 N–H and O–H groups in total. The van der Waals surface area contributed by atoms with Crippen LogP contribution >= 0.6 is 23.1 Å². The molecule has 0 spiro atoms. The van der Waals surface area contributed by atoms with E-state index in [4.69, 9.17) is 15.1 Å². The van der Waals surface area contributed by atoms with Crippen molar-refractivity contribution in [3.63, 3.8) is 0 Å². The van der Waals surface area contributed by atoms with Crippen LogP contribution in [0.4, 0.5) is 0 Å². The predicted octanol–water partition coefficient (Wildman–Crippen LogP) is 1.53. The lowest BCUT2D eigenvalue weighted by Gasteiger charge is -2.15. The van der Waals surface area contributed by atoms with Gasteiger partial charge >= 0.3 is 0 Å². The molecule has 0 saturated heterocycles. The Morgan fingerprint density at radius 1 is 1.41 bits per heavy atom. The van der Waals surface area contributed by atoms with Crippen molar-refractivity contribution in [2.24, 2.45) is 5.14 Å². The van der Waals surface area contributed by atoms with Gasteiger partial charge in [-0.1, -0.05) is 6.92 Å². The van der Waals surface area contributed by atoms with Crippen LogP contribution in [0.3, 0.4) is 0 Å². The lowest BCUT2D eigenvalue weighted by atomic mass is 10.1. The van der Waals surface area contributed by atoms with Gasteiger partial charge < -0.3 is 0 Å². The van der Waals surface area contributed by atoms with E-state index in [0.29, 0.717) is 12.0 Å². The second kappa shape index (κ2) is 5.25. The minimum atomic E-state index is -3.68. The molecule has 0 unspecified atom stereocenters. The number of thiophene rings is 1. The van der Waals surface area contributed by atoms with Crippen molar-refractivity contribution in [3.05, 3.63) is 21.6 Å². The molecule has 94 valence electrons. The number of Topliss-reactive ketones (excluding diaryl/α,β-unsaturated/α-hetero) is 1. The largest absolute Gasteiger partial charge is 0.294 e. The van der Waals surface area contributed by atoms with Gasteiger partial charge in [0.1, 0.15) is 4.21 Å². The van der Waals surface area contributed by atoms with Gasteiger partial charge in [0.05, 0.1) is 4.21 Å². The molecule has 1 atom stereocenters. The SMILES string of the molecule is C[C@H]1CC(=O)c2cc(S(N)(=O)=O)sc2S1.O=O. The van der Waals surface area contributed by atoms with Crippen molar-refractivity contribution < 1.29 is 13.2 Å². The highest BCUT2D eigenvalue weighted by Crippen LogP contribution is 2.41. The van der Waals surface area contributed by atoms with Crippen LogP contribution in [0.2, 0.25) is 0 Å². The Labute approximate surface area is 106 Å². The van der Waals surface area contributed by atoms with Crippen molar-refractivity contribution in [1.29, 1.82) is 0 Å². The standard InChI is InChI=1S/C8H9NO3S3.O2/c1-4-2-6(10)5-3-7(15(9,11)12)14-8(5)13-4;1-2/h3-4H,2H2,1H3,(H2,9,11,12);/t4-;/m0./s1. The maximum absolute atomic E-state index is 11.6. The van der Waals surface area contributed by atoms with Gasteiger partial charge in [-0.3, -0.25) is 4.79 Å². The molecule has 9 heteroatoms. The Morgan fingerprint density at radius 3 is 2.53 bits per heavy atom. The third-order valence-electron chi connectivity index (χ3n) is 2.04.